The molecule has 0 atom stereocenters. The molecule has 4 heteroatoms. The Morgan fingerprint density at radius 1 is 1.31 bits per heavy atom. The van der Waals surface area contributed by atoms with Gasteiger partial charge in [0.1, 0.15) is 5.75 Å². The molecular formula is C12H19Cl2NO. The summed E-state index contributed by atoms with van der Waals surface area (Å²) < 4.78 is 5.49. The summed E-state index contributed by atoms with van der Waals surface area (Å²) in [6.45, 7) is 6.69. The smallest absolute Gasteiger partial charge is 0.137 e. The Morgan fingerprint density at radius 3 is 2.62 bits per heavy atom. The van der Waals surface area contributed by atoms with Gasteiger partial charge in [0.05, 0.1) is 11.6 Å². The molecule has 0 saturated heterocycles. The molecule has 92 valence electrons. The Kier molecular flexibility index (Phi) is 8.44. The highest BCUT2D eigenvalue weighted by molar-refractivity contribution is 6.32. The average Bonchev–Trinajstić information content (AvgIpc) is 2.25. The van der Waals surface area contributed by atoms with Crippen LogP contribution in [-0.2, 0) is 6.54 Å². The maximum atomic E-state index is 6.09. The lowest BCUT2D eigenvalue weighted by atomic mass is 10.2. The topological polar surface area (TPSA) is 21.3 Å². The standard InChI is InChI=1S/C12H18ClNO.ClH/c1-3-7-15-12-6-5-10(8-11(12)13)9-14-4-2;/h5-6,8,14H,3-4,7,9H2,1-2H3;1H. The SMILES string of the molecule is CCCOc1ccc(CNCC)cc1Cl.Cl. The third-order valence-corrected chi connectivity index (χ3v) is 2.33. The monoisotopic (exact) mass is 263 g/mol. The first kappa shape index (κ1) is 15.6. The highest BCUT2D eigenvalue weighted by atomic mass is 35.5. The van der Waals surface area contributed by atoms with Crippen molar-refractivity contribution in [2.75, 3.05) is 13.2 Å². The molecule has 0 bridgehead atoms. The highest BCUT2D eigenvalue weighted by Gasteiger charge is 2.02. The summed E-state index contributed by atoms with van der Waals surface area (Å²) in [5.41, 5.74) is 1.19. The van der Waals surface area contributed by atoms with Crippen molar-refractivity contribution in [3.63, 3.8) is 0 Å². The van der Waals surface area contributed by atoms with E-state index in [0.29, 0.717) is 11.6 Å². The van der Waals surface area contributed by atoms with Gasteiger partial charge in [0.2, 0.25) is 0 Å². The minimum atomic E-state index is 0. The van der Waals surface area contributed by atoms with E-state index >= 15 is 0 Å². The summed E-state index contributed by atoms with van der Waals surface area (Å²) >= 11 is 6.09. The zero-order valence-electron chi connectivity index (χ0n) is 9.75. The fourth-order valence-corrected chi connectivity index (χ4v) is 1.51. The molecule has 0 fully saturated rings. The number of hydrogen-bond donors (Lipinski definition) is 1. The first-order valence-electron chi connectivity index (χ1n) is 5.39. The predicted octanol–water partition coefficient (Wildman–Crippen LogP) is 3.66. The van der Waals surface area contributed by atoms with Gasteiger partial charge in [-0.3, -0.25) is 0 Å². The van der Waals surface area contributed by atoms with E-state index in [1.54, 1.807) is 0 Å². The van der Waals surface area contributed by atoms with Gasteiger partial charge in [0.25, 0.3) is 0 Å². The third kappa shape index (κ3) is 5.06. The van der Waals surface area contributed by atoms with Crippen molar-refractivity contribution in [3.05, 3.63) is 28.8 Å². The van der Waals surface area contributed by atoms with Gasteiger partial charge in [-0.25, -0.2) is 0 Å². The quantitative estimate of drug-likeness (QED) is 0.846. The minimum absolute atomic E-state index is 0. The summed E-state index contributed by atoms with van der Waals surface area (Å²) in [6, 6.07) is 5.93. The number of ether oxygens (including phenoxy) is 1. The third-order valence-electron chi connectivity index (χ3n) is 2.04. The van der Waals surface area contributed by atoms with Crippen molar-refractivity contribution < 1.29 is 4.74 Å². The van der Waals surface area contributed by atoms with Crippen LogP contribution < -0.4 is 10.1 Å². The maximum absolute atomic E-state index is 6.09. The number of rotatable bonds is 6. The molecule has 0 unspecified atom stereocenters. The largest absolute Gasteiger partial charge is 0.492 e. The van der Waals surface area contributed by atoms with Crippen molar-refractivity contribution in [3.8, 4) is 5.75 Å². The van der Waals surface area contributed by atoms with Gasteiger partial charge in [0.15, 0.2) is 0 Å². The van der Waals surface area contributed by atoms with E-state index in [2.05, 4.69) is 19.2 Å². The highest BCUT2D eigenvalue weighted by Crippen LogP contribution is 2.25. The van der Waals surface area contributed by atoms with E-state index < -0.39 is 0 Å². The average molecular weight is 264 g/mol. The molecular weight excluding hydrogens is 245 g/mol. The van der Waals surface area contributed by atoms with Gasteiger partial charge >= 0.3 is 0 Å². The molecule has 0 aliphatic heterocycles. The molecule has 0 aliphatic rings. The molecule has 16 heavy (non-hydrogen) atoms. The molecule has 1 N–H and O–H groups in total. The van der Waals surface area contributed by atoms with E-state index in [-0.39, 0.29) is 12.4 Å². The summed E-state index contributed by atoms with van der Waals surface area (Å²) in [5.74, 6) is 0.777. The second kappa shape index (κ2) is 8.68. The van der Waals surface area contributed by atoms with Gasteiger partial charge < -0.3 is 10.1 Å². The Labute approximate surface area is 109 Å². The van der Waals surface area contributed by atoms with Crippen LogP contribution in [0.1, 0.15) is 25.8 Å². The Bertz CT molecular complexity index is 305. The molecule has 1 aromatic carbocycles. The fraction of sp³-hybridized carbons (Fsp3) is 0.500. The van der Waals surface area contributed by atoms with Crippen LogP contribution >= 0.6 is 24.0 Å². The molecule has 0 saturated carbocycles. The van der Waals surface area contributed by atoms with E-state index in [9.17, 15) is 0 Å². The lowest BCUT2D eigenvalue weighted by molar-refractivity contribution is 0.317. The molecule has 2 nitrogen and oxygen atoms in total. The first-order valence-corrected chi connectivity index (χ1v) is 5.77. The Balaban J connectivity index is 0.00000225. The van der Waals surface area contributed by atoms with Crippen molar-refractivity contribution in [1.82, 2.24) is 5.32 Å². The predicted molar refractivity (Wildman–Crippen MR) is 71.9 cm³/mol. The van der Waals surface area contributed by atoms with Crippen molar-refractivity contribution >= 4 is 24.0 Å². The summed E-state index contributed by atoms with van der Waals surface area (Å²) in [4.78, 5) is 0. The van der Waals surface area contributed by atoms with Crippen LogP contribution in [0.5, 0.6) is 5.75 Å². The number of benzene rings is 1. The Hall–Kier alpha value is -0.440. The van der Waals surface area contributed by atoms with Crippen LogP contribution in [0.25, 0.3) is 0 Å². The van der Waals surface area contributed by atoms with E-state index in [1.165, 1.54) is 5.56 Å². The summed E-state index contributed by atoms with van der Waals surface area (Å²) in [5, 5.41) is 3.95. The van der Waals surface area contributed by atoms with Crippen molar-refractivity contribution in [2.45, 2.75) is 26.8 Å². The van der Waals surface area contributed by atoms with Crippen LogP contribution in [0.3, 0.4) is 0 Å². The molecule has 0 heterocycles. The first-order chi connectivity index (χ1) is 7.27. The lowest BCUT2D eigenvalue weighted by Crippen LogP contribution is -2.11. The van der Waals surface area contributed by atoms with Crippen LogP contribution in [0.15, 0.2) is 18.2 Å². The lowest BCUT2D eigenvalue weighted by Gasteiger charge is -2.08. The molecule has 0 radical (unpaired) electrons. The van der Waals surface area contributed by atoms with Crippen LogP contribution in [0.2, 0.25) is 5.02 Å². The molecule has 1 rings (SSSR count). The number of nitrogens with one attached hydrogen (secondary N) is 1. The minimum Gasteiger partial charge on any atom is -0.492 e. The second-order valence-electron chi connectivity index (χ2n) is 3.39. The van der Waals surface area contributed by atoms with Gasteiger partial charge in [-0.2, -0.15) is 0 Å². The zero-order chi connectivity index (χ0) is 11.1. The molecule has 0 spiro atoms. The second-order valence-corrected chi connectivity index (χ2v) is 3.80. The molecule has 1 aromatic rings. The maximum Gasteiger partial charge on any atom is 0.137 e. The van der Waals surface area contributed by atoms with Gasteiger partial charge in [-0.05, 0) is 30.7 Å². The number of halogens is 2. The fourth-order valence-electron chi connectivity index (χ4n) is 1.25. The van der Waals surface area contributed by atoms with E-state index in [0.717, 1.165) is 25.3 Å². The van der Waals surface area contributed by atoms with Crippen LogP contribution in [0, 0.1) is 0 Å². The van der Waals surface area contributed by atoms with Crippen molar-refractivity contribution in [1.29, 1.82) is 0 Å². The normalized spacial score (nSPS) is 9.69. The van der Waals surface area contributed by atoms with Crippen LogP contribution in [0.4, 0.5) is 0 Å². The Morgan fingerprint density at radius 2 is 2.06 bits per heavy atom. The van der Waals surface area contributed by atoms with Gasteiger partial charge in [0, 0.05) is 6.54 Å². The molecule has 0 amide bonds. The molecule has 0 aromatic heterocycles. The number of hydrogen-bond acceptors (Lipinski definition) is 2. The summed E-state index contributed by atoms with van der Waals surface area (Å²) in [6.07, 6.45) is 0.996. The van der Waals surface area contributed by atoms with E-state index in [1.807, 2.05) is 18.2 Å². The zero-order valence-corrected chi connectivity index (χ0v) is 11.3. The van der Waals surface area contributed by atoms with Crippen molar-refractivity contribution in [2.24, 2.45) is 0 Å². The van der Waals surface area contributed by atoms with E-state index in [4.69, 9.17) is 16.3 Å². The van der Waals surface area contributed by atoms with Gasteiger partial charge in [-0.1, -0.05) is 31.5 Å². The van der Waals surface area contributed by atoms with Gasteiger partial charge in [-0.15, -0.1) is 12.4 Å². The molecule has 0 aliphatic carbocycles. The van der Waals surface area contributed by atoms with Crippen LogP contribution in [-0.4, -0.2) is 13.2 Å². The summed E-state index contributed by atoms with van der Waals surface area (Å²) in [7, 11) is 0.